The molecular weight excluding hydrogens is 220 g/mol. The van der Waals surface area contributed by atoms with E-state index >= 15 is 0 Å². The first-order valence-corrected chi connectivity index (χ1v) is 7.92. The Hall–Kier alpha value is -0.660. The summed E-state index contributed by atoms with van der Waals surface area (Å²) < 4.78 is 0. The smallest absolute Gasteiger partial charge is 0.101 e. The van der Waals surface area contributed by atoms with Crippen molar-refractivity contribution in [2.45, 2.75) is 84.8 Å². The Morgan fingerprint density at radius 3 is 2.22 bits per heavy atom. The minimum absolute atomic E-state index is 0.598. The Balaban J connectivity index is 2.20. The predicted octanol–water partition coefficient (Wildman–Crippen LogP) is 4.58. The molecule has 0 N–H and O–H groups in total. The quantitative estimate of drug-likeness (QED) is 0.554. The lowest BCUT2D eigenvalue weighted by atomic mass is 10.1. The molecule has 0 amide bonds. The van der Waals surface area contributed by atoms with Gasteiger partial charge in [-0.3, -0.25) is 0 Å². The zero-order chi connectivity index (χ0) is 13.4. The standard InChI is InChI=1S/C16H32N2/c1-5-7-8-9-10-11-12-17-13-14-18(15(3)4)16(17)6-2/h13-16H,5-12H2,1-4H3. The highest BCUT2D eigenvalue weighted by Crippen LogP contribution is 2.22. The van der Waals surface area contributed by atoms with Crippen molar-refractivity contribution >= 4 is 0 Å². The van der Waals surface area contributed by atoms with Gasteiger partial charge in [-0.1, -0.05) is 46.0 Å². The van der Waals surface area contributed by atoms with Gasteiger partial charge in [-0.05, 0) is 26.7 Å². The maximum absolute atomic E-state index is 2.53. The molecule has 1 rings (SSSR count). The third-order valence-electron chi connectivity index (χ3n) is 3.89. The summed E-state index contributed by atoms with van der Waals surface area (Å²) in [5.74, 6) is 0. The highest BCUT2D eigenvalue weighted by atomic mass is 15.4. The van der Waals surface area contributed by atoms with Crippen LogP contribution in [0, 0.1) is 0 Å². The lowest BCUT2D eigenvalue weighted by Crippen LogP contribution is -2.41. The van der Waals surface area contributed by atoms with E-state index in [1.54, 1.807) is 0 Å². The fraction of sp³-hybridized carbons (Fsp3) is 0.875. The zero-order valence-corrected chi connectivity index (χ0v) is 12.9. The van der Waals surface area contributed by atoms with Crippen LogP contribution in [0.1, 0.15) is 72.6 Å². The summed E-state index contributed by atoms with van der Waals surface area (Å²) in [7, 11) is 0. The number of rotatable bonds is 9. The molecule has 1 atom stereocenters. The molecule has 0 aromatic heterocycles. The second-order valence-corrected chi connectivity index (χ2v) is 5.73. The van der Waals surface area contributed by atoms with Crippen molar-refractivity contribution in [3.63, 3.8) is 0 Å². The molecule has 0 radical (unpaired) electrons. The van der Waals surface area contributed by atoms with Crippen LogP contribution in [0.25, 0.3) is 0 Å². The molecule has 2 heteroatoms. The molecule has 0 bridgehead atoms. The molecule has 0 saturated heterocycles. The molecule has 0 aromatic carbocycles. The number of hydrogen-bond donors (Lipinski definition) is 0. The SMILES string of the molecule is CCCCCCCCN1C=CN(C(C)C)C1CC. The second kappa shape index (κ2) is 8.44. The number of nitrogens with zero attached hydrogens (tertiary/aromatic N) is 2. The van der Waals surface area contributed by atoms with Crippen LogP contribution in [0.4, 0.5) is 0 Å². The first-order chi connectivity index (χ1) is 8.70. The third-order valence-corrected chi connectivity index (χ3v) is 3.89. The molecule has 0 spiro atoms. The molecule has 1 heterocycles. The normalized spacial score (nSPS) is 19.3. The van der Waals surface area contributed by atoms with Crippen molar-refractivity contribution in [3.8, 4) is 0 Å². The molecule has 0 fully saturated rings. The van der Waals surface area contributed by atoms with E-state index < -0.39 is 0 Å². The lowest BCUT2D eigenvalue weighted by Gasteiger charge is -2.34. The maximum atomic E-state index is 2.53. The van der Waals surface area contributed by atoms with Crippen LogP contribution in [0.2, 0.25) is 0 Å². The van der Waals surface area contributed by atoms with Gasteiger partial charge in [0.15, 0.2) is 0 Å². The first kappa shape index (κ1) is 15.4. The number of unbranched alkanes of at least 4 members (excludes halogenated alkanes) is 5. The van der Waals surface area contributed by atoms with Crippen LogP contribution >= 0.6 is 0 Å². The minimum Gasteiger partial charge on any atom is -0.356 e. The van der Waals surface area contributed by atoms with Gasteiger partial charge in [0.25, 0.3) is 0 Å². The molecule has 18 heavy (non-hydrogen) atoms. The topological polar surface area (TPSA) is 6.48 Å². The fourth-order valence-electron chi connectivity index (χ4n) is 2.79. The summed E-state index contributed by atoms with van der Waals surface area (Å²) in [5.41, 5.74) is 0. The van der Waals surface area contributed by atoms with E-state index in [2.05, 4.69) is 49.9 Å². The fourth-order valence-corrected chi connectivity index (χ4v) is 2.79. The van der Waals surface area contributed by atoms with Gasteiger partial charge in [-0.15, -0.1) is 0 Å². The highest BCUT2D eigenvalue weighted by Gasteiger charge is 2.25. The Morgan fingerprint density at radius 1 is 0.944 bits per heavy atom. The summed E-state index contributed by atoms with van der Waals surface area (Å²) in [6.45, 7) is 10.4. The Morgan fingerprint density at radius 2 is 1.61 bits per heavy atom. The van der Waals surface area contributed by atoms with Gasteiger partial charge in [0.1, 0.15) is 6.17 Å². The summed E-state index contributed by atoms with van der Waals surface area (Å²) in [5, 5.41) is 0. The summed E-state index contributed by atoms with van der Waals surface area (Å²) in [6, 6.07) is 0.612. The van der Waals surface area contributed by atoms with Crippen molar-refractivity contribution in [1.29, 1.82) is 0 Å². The van der Waals surface area contributed by atoms with E-state index in [-0.39, 0.29) is 0 Å². The molecule has 0 saturated carbocycles. The van der Waals surface area contributed by atoms with Gasteiger partial charge in [0.05, 0.1) is 0 Å². The summed E-state index contributed by atoms with van der Waals surface area (Å²) in [6.07, 6.45) is 14.7. The van der Waals surface area contributed by atoms with Gasteiger partial charge in [0.2, 0.25) is 0 Å². The largest absolute Gasteiger partial charge is 0.356 e. The van der Waals surface area contributed by atoms with Crippen molar-refractivity contribution in [1.82, 2.24) is 9.80 Å². The van der Waals surface area contributed by atoms with E-state index in [0.29, 0.717) is 12.2 Å². The number of hydrogen-bond acceptors (Lipinski definition) is 2. The van der Waals surface area contributed by atoms with Crippen LogP contribution < -0.4 is 0 Å². The van der Waals surface area contributed by atoms with Gasteiger partial charge < -0.3 is 9.80 Å². The predicted molar refractivity (Wildman–Crippen MR) is 80.3 cm³/mol. The molecule has 1 aliphatic rings. The van der Waals surface area contributed by atoms with Crippen molar-refractivity contribution in [2.24, 2.45) is 0 Å². The van der Waals surface area contributed by atoms with Crippen LogP contribution in [-0.2, 0) is 0 Å². The van der Waals surface area contributed by atoms with Crippen LogP contribution in [-0.4, -0.2) is 28.6 Å². The van der Waals surface area contributed by atoms with Gasteiger partial charge in [-0.25, -0.2) is 0 Å². The molecule has 1 unspecified atom stereocenters. The second-order valence-electron chi connectivity index (χ2n) is 5.73. The van der Waals surface area contributed by atoms with Crippen LogP contribution in [0.5, 0.6) is 0 Å². The van der Waals surface area contributed by atoms with E-state index in [4.69, 9.17) is 0 Å². The van der Waals surface area contributed by atoms with Crippen molar-refractivity contribution < 1.29 is 0 Å². The summed E-state index contributed by atoms with van der Waals surface area (Å²) in [4.78, 5) is 5.01. The average Bonchev–Trinajstić information content (AvgIpc) is 2.76. The molecular formula is C16H32N2. The first-order valence-electron chi connectivity index (χ1n) is 7.92. The average molecular weight is 252 g/mol. The minimum atomic E-state index is 0.598. The van der Waals surface area contributed by atoms with Gasteiger partial charge in [-0.2, -0.15) is 0 Å². The lowest BCUT2D eigenvalue weighted by molar-refractivity contribution is 0.121. The Bertz CT molecular complexity index is 235. The molecule has 0 aromatic rings. The third kappa shape index (κ3) is 4.55. The van der Waals surface area contributed by atoms with Crippen LogP contribution in [0.3, 0.4) is 0 Å². The van der Waals surface area contributed by atoms with Crippen molar-refractivity contribution in [2.75, 3.05) is 6.54 Å². The van der Waals surface area contributed by atoms with Crippen LogP contribution in [0.15, 0.2) is 12.4 Å². The van der Waals surface area contributed by atoms with Gasteiger partial charge >= 0.3 is 0 Å². The van der Waals surface area contributed by atoms with Gasteiger partial charge in [0, 0.05) is 25.0 Å². The Labute approximate surface area is 114 Å². The summed E-state index contributed by atoms with van der Waals surface area (Å²) >= 11 is 0. The monoisotopic (exact) mass is 252 g/mol. The molecule has 2 nitrogen and oxygen atoms in total. The van der Waals surface area contributed by atoms with E-state index in [9.17, 15) is 0 Å². The van der Waals surface area contributed by atoms with Crippen molar-refractivity contribution in [3.05, 3.63) is 12.4 Å². The van der Waals surface area contributed by atoms with E-state index in [0.717, 1.165) is 0 Å². The Kier molecular flexibility index (Phi) is 7.22. The maximum Gasteiger partial charge on any atom is 0.101 e. The highest BCUT2D eigenvalue weighted by molar-refractivity contribution is 4.97. The van der Waals surface area contributed by atoms with E-state index in [1.165, 1.54) is 51.5 Å². The molecule has 106 valence electrons. The molecule has 1 aliphatic heterocycles. The molecule has 0 aliphatic carbocycles. The van der Waals surface area contributed by atoms with E-state index in [1.807, 2.05) is 0 Å². The zero-order valence-electron chi connectivity index (χ0n) is 12.9.